The fourth-order valence-corrected chi connectivity index (χ4v) is 2.05. The minimum absolute atomic E-state index is 0.159. The highest BCUT2D eigenvalue weighted by atomic mass is 35.5. The van der Waals surface area contributed by atoms with Gasteiger partial charge in [-0.25, -0.2) is 0 Å². The molecule has 0 spiro atoms. The molecule has 2 rings (SSSR count). The van der Waals surface area contributed by atoms with Crippen LogP contribution in [0.5, 0.6) is 0 Å². The molecule has 0 radical (unpaired) electrons. The smallest absolute Gasteiger partial charge is 0.234 e. The van der Waals surface area contributed by atoms with Crippen molar-refractivity contribution in [1.29, 1.82) is 0 Å². The Hall–Kier alpha value is -0.720. The van der Waals surface area contributed by atoms with Gasteiger partial charge in [-0.05, 0) is 6.42 Å². The van der Waals surface area contributed by atoms with E-state index >= 15 is 0 Å². The summed E-state index contributed by atoms with van der Waals surface area (Å²) in [6, 6.07) is -0.159. The first-order valence-electron chi connectivity index (χ1n) is 4.18. The maximum atomic E-state index is 10.9. The van der Waals surface area contributed by atoms with Gasteiger partial charge < -0.3 is 5.73 Å². The topological polar surface area (TPSA) is 72.1 Å². The first kappa shape index (κ1) is 9.82. The molecule has 7 heteroatoms. The van der Waals surface area contributed by atoms with Crippen LogP contribution in [0.2, 0.25) is 4.34 Å². The monoisotopic (exact) mass is 232 g/mol. The van der Waals surface area contributed by atoms with E-state index in [9.17, 15) is 4.79 Å². The third kappa shape index (κ3) is 1.73. The highest BCUT2D eigenvalue weighted by molar-refractivity contribution is 7.10. The molecule has 2 N–H and O–H groups in total. The van der Waals surface area contributed by atoms with Gasteiger partial charge in [0, 0.05) is 24.6 Å². The summed E-state index contributed by atoms with van der Waals surface area (Å²) in [5.41, 5.74) is 5.93. The summed E-state index contributed by atoms with van der Waals surface area (Å²) >= 11 is 6.99. The number of halogens is 1. The van der Waals surface area contributed by atoms with Gasteiger partial charge in [0.25, 0.3) is 0 Å². The number of nitrogens with two attached hydrogens (primary N) is 1. The molecule has 1 aromatic heterocycles. The molecule has 1 aromatic rings. The Morgan fingerprint density at radius 1 is 1.79 bits per heavy atom. The molecule has 0 aromatic carbocycles. The SMILES string of the molecule is NC(=O)C1CCN1Cc1nnsc1Cl. The lowest BCUT2D eigenvalue weighted by Crippen LogP contribution is -2.54. The lowest BCUT2D eigenvalue weighted by atomic mass is 10.0. The zero-order valence-electron chi connectivity index (χ0n) is 7.31. The molecule has 1 fully saturated rings. The predicted molar refractivity (Wildman–Crippen MR) is 52.9 cm³/mol. The number of nitrogens with zero attached hydrogens (tertiary/aromatic N) is 3. The number of rotatable bonds is 3. The molecule has 76 valence electrons. The zero-order chi connectivity index (χ0) is 10.1. The Labute approximate surface area is 90.0 Å². The number of carbonyl (C=O) groups excluding carboxylic acids is 1. The summed E-state index contributed by atoms with van der Waals surface area (Å²) in [5, 5.41) is 3.87. The summed E-state index contributed by atoms with van der Waals surface area (Å²) in [4.78, 5) is 12.9. The van der Waals surface area contributed by atoms with Gasteiger partial charge in [-0.1, -0.05) is 16.1 Å². The third-order valence-electron chi connectivity index (χ3n) is 2.32. The summed E-state index contributed by atoms with van der Waals surface area (Å²) in [5.74, 6) is -0.282. The molecule has 14 heavy (non-hydrogen) atoms. The van der Waals surface area contributed by atoms with Crippen molar-refractivity contribution in [2.75, 3.05) is 6.54 Å². The normalized spacial score (nSPS) is 21.9. The van der Waals surface area contributed by atoms with Crippen LogP contribution >= 0.6 is 23.1 Å². The molecule has 1 atom stereocenters. The van der Waals surface area contributed by atoms with E-state index in [1.807, 2.05) is 4.90 Å². The minimum atomic E-state index is -0.282. The van der Waals surface area contributed by atoms with E-state index in [-0.39, 0.29) is 11.9 Å². The van der Waals surface area contributed by atoms with Crippen LogP contribution in [-0.2, 0) is 11.3 Å². The molecule has 0 saturated carbocycles. The maximum Gasteiger partial charge on any atom is 0.234 e. The number of hydrogen-bond acceptors (Lipinski definition) is 5. The zero-order valence-corrected chi connectivity index (χ0v) is 8.88. The van der Waals surface area contributed by atoms with Gasteiger partial charge >= 0.3 is 0 Å². The highest BCUT2D eigenvalue weighted by Gasteiger charge is 2.33. The average Bonchev–Trinajstić information content (AvgIpc) is 2.44. The van der Waals surface area contributed by atoms with Crippen molar-refractivity contribution in [3.8, 4) is 0 Å². The second-order valence-corrected chi connectivity index (χ2v) is 4.53. The van der Waals surface area contributed by atoms with E-state index < -0.39 is 0 Å². The lowest BCUT2D eigenvalue weighted by Gasteiger charge is -2.38. The molecular weight excluding hydrogens is 224 g/mol. The molecule has 2 heterocycles. The molecule has 1 aliphatic rings. The Morgan fingerprint density at radius 3 is 3.00 bits per heavy atom. The van der Waals surface area contributed by atoms with Crippen LogP contribution in [-0.4, -0.2) is 33.0 Å². The Bertz CT molecular complexity index is 355. The van der Waals surface area contributed by atoms with Crippen molar-refractivity contribution in [3.05, 3.63) is 10.0 Å². The standard InChI is InChI=1S/C7H9ClN4OS/c8-6-4(10-11-14-6)3-12-2-1-5(12)7(9)13/h5H,1-3H2,(H2,9,13). The molecule has 0 bridgehead atoms. The van der Waals surface area contributed by atoms with Gasteiger partial charge in [-0.15, -0.1) is 5.10 Å². The van der Waals surface area contributed by atoms with Crippen molar-refractivity contribution >= 4 is 29.0 Å². The van der Waals surface area contributed by atoms with Gasteiger partial charge in [-0.3, -0.25) is 9.69 Å². The fourth-order valence-electron chi connectivity index (χ4n) is 1.44. The van der Waals surface area contributed by atoms with E-state index in [1.165, 1.54) is 0 Å². The van der Waals surface area contributed by atoms with Crippen LogP contribution < -0.4 is 5.73 Å². The molecule has 1 amide bonds. The summed E-state index contributed by atoms with van der Waals surface area (Å²) in [6.07, 6.45) is 0.824. The predicted octanol–water partition coefficient (Wildman–Crippen LogP) is 0.251. The second-order valence-electron chi connectivity index (χ2n) is 3.17. The first-order valence-corrected chi connectivity index (χ1v) is 5.33. The molecule has 1 saturated heterocycles. The number of carbonyl (C=O) groups is 1. The van der Waals surface area contributed by atoms with Crippen LogP contribution in [0.3, 0.4) is 0 Å². The number of amides is 1. The summed E-state index contributed by atoms with van der Waals surface area (Å²) in [7, 11) is 0. The van der Waals surface area contributed by atoms with Crippen LogP contribution in [0, 0.1) is 0 Å². The minimum Gasteiger partial charge on any atom is -0.368 e. The first-order chi connectivity index (χ1) is 6.68. The number of aromatic nitrogens is 2. The van der Waals surface area contributed by atoms with Crippen molar-refractivity contribution in [3.63, 3.8) is 0 Å². The van der Waals surface area contributed by atoms with Crippen LogP contribution in [0.1, 0.15) is 12.1 Å². The molecule has 1 unspecified atom stereocenters. The van der Waals surface area contributed by atoms with Crippen molar-refractivity contribution in [2.45, 2.75) is 19.0 Å². The average molecular weight is 233 g/mol. The number of hydrogen-bond donors (Lipinski definition) is 1. The van der Waals surface area contributed by atoms with Gasteiger partial charge in [0.05, 0.1) is 6.04 Å². The Balaban J connectivity index is 1.99. The van der Waals surface area contributed by atoms with Crippen LogP contribution in [0.25, 0.3) is 0 Å². The van der Waals surface area contributed by atoms with E-state index in [1.54, 1.807) is 0 Å². The van der Waals surface area contributed by atoms with E-state index in [0.717, 1.165) is 30.2 Å². The molecule has 0 aliphatic carbocycles. The third-order valence-corrected chi connectivity index (χ3v) is 3.31. The lowest BCUT2D eigenvalue weighted by molar-refractivity contribution is -0.127. The van der Waals surface area contributed by atoms with Crippen molar-refractivity contribution in [2.24, 2.45) is 5.73 Å². The van der Waals surface area contributed by atoms with Gasteiger partial charge in [0.2, 0.25) is 5.91 Å². The fraction of sp³-hybridized carbons (Fsp3) is 0.571. The molecule has 1 aliphatic heterocycles. The van der Waals surface area contributed by atoms with Crippen molar-refractivity contribution in [1.82, 2.24) is 14.5 Å². The molecular formula is C7H9ClN4OS. The number of primary amides is 1. The van der Waals surface area contributed by atoms with E-state index in [4.69, 9.17) is 17.3 Å². The summed E-state index contributed by atoms with van der Waals surface area (Å²) in [6.45, 7) is 1.42. The Kier molecular flexibility index (Phi) is 2.66. The largest absolute Gasteiger partial charge is 0.368 e. The number of likely N-dealkylation sites (tertiary alicyclic amines) is 1. The van der Waals surface area contributed by atoms with E-state index in [2.05, 4.69) is 9.59 Å². The van der Waals surface area contributed by atoms with Gasteiger partial charge in [0.1, 0.15) is 10.0 Å². The quantitative estimate of drug-likeness (QED) is 0.811. The molecule has 5 nitrogen and oxygen atoms in total. The van der Waals surface area contributed by atoms with Gasteiger partial charge in [-0.2, -0.15) is 0 Å². The second kappa shape index (κ2) is 3.80. The summed E-state index contributed by atoms with van der Waals surface area (Å²) < 4.78 is 4.30. The van der Waals surface area contributed by atoms with E-state index in [0.29, 0.717) is 10.9 Å². The van der Waals surface area contributed by atoms with Crippen LogP contribution in [0.15, 0.2) is 0 Å². The van der Waals surface area contributed by atoms with Gasteiger partial charge in [0.15, 0.2) is 0 Å². The Morgan fingerprint density at radius 2 is 2.57 bits per heavy atom. The van der Waals surface area contributed by atoms with Crippen LogP contribution in [0.4, 0.5) is 0 Å². The highest BCUT2D eigenvalue weighted by Crippen LogP contribution is 2.24. The van der Waals surface area contributed by atoms with Crippen molar-refractivity contribution < 1.29 is 4.79 Å². The maximum absolute atomic E-state index is 10.9.